The van der Waals surface area contributed by atoms with Gasteiger partial charge in [0.1, 0.15) is 0 Å². The molecule has 10 nitrogen and oxygen atoms in total. The van der Waals surface area contributed by atoms with Crippen molar-refractivity contribution in [1.82, 2.24) is 5.01 Å². The van der Waals surface area contributed by atoms with Crippen LogP contribution in [0.5, 0.6) is 11.5 Å². The van der Waals surface area contributed by atoms with Crippen LogP contribution >= 0.6 is 15.9 Å². The smallest absolute Gasteiger partial charge is 0.308 e. The Bertz CT molecular complexity index is 1070. The van der Waals surface area contributed by atoms with Gasteiger partial charge in [-0.3, -0.25) is 19.7 Å². The fraction of sp³-hybridized carbons (Fsp3) is 0.211. The molecule has 156 valence electrons. The van der Waals surface area contributed by atoms with Gasteiger partial charge in [0.05, 0.1) is 23.7 Å². The predicted octanol–water partition coefficient (Wildman–Crippen LogP) is 3.53. The number of rotatable bonds is 5. The van der Waals surface area contributed by atoms with Gasteiger partial charge >= 0.3 is 5.97 Å². The first-order valence-electron chi connectivity index (χ1n) is 8.57. The van der Waals surface area contributed by atoms with E-state index in [2.05, 4.69) is 21.0 Å². The minimum Gasteiger partial charge on any atom is -0.493 e. The Hall–Kier alpha value is -3.47. The van der Waals surface area contributed by atoms with Crippen LogP contribution in [0.4, 0.5) is 5.69 Å². The van der Waals surface area contributed by atoms with Crippen molar-refractivity contribution < 1.29 is 28.7 Å². The lowest BCUT2D eigenvalue weighted by Crippen LogP contribution is -2.25. The van der Waals surface area contributed by atoms with Crippen molar-refractivity contribution in [2.24, 2.45) is 5.10 Å². The van der Waals surface area contributed by atoms with Gasteiger partial charge in [-0.15, -0.1) is 5.10 Å². The molecule has 0 fully saturated rings. The Morgan fingerprint density at radius 3 is 2.57 bits per heavy atom. The zero-order valence-electron chi connectivity index (χ0n) is 16.1. The molecule has 0 aliphatic carbocycles. The molecule has 3 rings (SSSR count). The third-order valence-electron chi connectivity index (χ3n) is 4.05. The minimum atomic E-state index is -0.912. The Morgan fingerprint density at radius 2 is 2.00 bits per heavy atom. The summed E-state index contributed by atoms with van der Waals surface area (Å²) in [7, 11) is 1.28. The summed E-state index contributed by atoms with van der Waals surface area (Å²) in [5.74, 6) is -1.38. The third kappa shape index (κ3) is 4.25. The second-order valence-corrected chi connectivity index (χ2v) is 7.09. The van der Waals surface area contributed by atoms with E-state index in [9.17, 15) is 19.7 Å². The first kappa shape index (κ1) is 21.2. The van der Waals surface area contributed by atoms with E-state index < -0.39 is 23.0 Å². The van der Waals surface area contributed by atoms with Crippen molar-refractivity contribution in [2.75, 3.05) is 7.11 Å². The molecule has 0 N–H and O–H groups in total. The zero-order valence-corrected chi connectivity index (χ0v) is 17.7. The molecule has 0 radical (unpaired) electrons. The Kier molecular flexibility index (Phi) is 6.01. The van der Waals surface area contributed by atoms with Crippen LogP contribution in [0.25, 0.3) is 0 Å². The van der Waals surface area contributed by atoms with Gasteiger partial charge in [-0.25, -0.2) is 0 Å². The van der Waals surface area contributed by atoms with Gasteiger partial charge in [-0.05, 0) is 12.1 Å². The summed E-state index contributed by atoms with van der Waals surface area (Å²) >= 11 is 3.36. The highest BCUT2D eigenvalue weighted by atomic mass is 79.9. The maximum atomic E-state index is 12.2. The Balaban J connectivity index is 2.14. The van der Waals surface area contributed by atoms with E-state index in [1.165, 1.54) is 21.0 Å². The summed E-state index contributed by atoms with van der Waals surface area (Å²) in [6.45, 7) is 2.48. The highest BCUT2D eigenvalue weighted by molar-refractivity contribution is 9.10. The number of methoxy groups -OCH3 is 1. The lowest BCUT2D eigenvalue weighted by atomic mass is 10.1. The molecular weight excluding hydrogens is 462 g/mol. The lowest BCUT2D eigenvalue weighted by molar-refractivity contribution is -0.385. The number of benzene rings is 2. The molecule has 11 heteroatoms. The van der Waals surface area contributed by atoms with E-state index in [1.807, 2.05) is 6.07 Å². The van der Waals surface area contributed by atoms with Crippen LogP contribution in [-0.4, -0.2) is 34.8 Å². The second-order valence-electron chi connectivity index (χ2n) is 6.17. The van der Waals surface area contributed by atoms with Crippen LogP contribution in [-0.2, 0) is 14.3 Å². The number of non-ortho nitro benzene ring substituents is 1. The maximum absolute atomic E-state index is 12.2. The quantitative estimate of drug-likeness (QED) is 0.279. The van der Waals surface area contributed by atoms with Crippen LogP contribution in [0, 0.1) is 10.1 Å². The predicted molar refractivity (Wildman–Crippen MR) is 108 cm³/mol. The van der Waals surface area contributed by atoms with Crippen molar-refractivity contribution in [3.8, 4) is 11.5 Å². The van der Waals surface area contributed by atoms with Crippen molar-refractivity contribution >= 4 is 39.4 Å². The van der Waals surface area contributed by atoms with Gasteiger partial charge in [0.25, 0.3) is 5.69 Å². The van der Waals surface area contributed by atoms with E-state index >= 15 is 0 Å². The molecule has 1 heterocycles. The van der Waals surface area contributed by atoms with Gasteiger partial charge in [-0.2, -0.15) is 5.01 Å². The fourth-order valence-corrected chi connectivity index (χ4v) is 3.22. The molecule has 0 saturated carbocycles. The summed E-state index contributed by atoms with van der Waals surface area (Å²) in [4.78, 5) is 34.5. The number of carbonyl (C=O) groups excluding carboxylic acids is 2. The van der Waals surface area contributed by atoms with Gasteiger partial charge in [0.15, 0.2) is 11.5 Å². The SMILES string of the molecule is COc1cc([N+](=O)[O-])cc(C2=NN(C(C)=O)[C@@H](c3cccc(Br)c3)O2)c1OC(C)=O. The first-order valence-corrected chi connectivity index (χ1v) is 9.36. The Morgan fingerprint density at radius 1 is 1.27 bits per heavy atom. The molecule has 0 bridgehead atoms. The van der Waals surface area contributed by atoms with Crippen LogP contribution in [0.2, 0.25) is 0 Å². The van der Waals surface area contributed by atoms with Crippen LogP contribution < -0.4 is 9.47 Å². The van der Waals surface area contributed by atoms with Crippen LogP contribution in [0.3, 0.4) is 0 Å². The number of ether oxygens (including phenoxy) is 3. The normalized spacial score (nSPS) is 15.3. The van der Waals surface area contributed by atoms with Gasteiger partial charge in [0.2, 0.25) is 18.0 Å². The minimum absolute atomic E-state index is 0.00000295. The number of nitrogens with zero attached hydrogens (tertiary/aromatic N) is 3. The highest BCUT2D eigenvalue weighted by Crippen LogP contribution is 2.40. The van der Waals surface area contributed by atoms with E-state index in [-0.39, 0.29) is 28.6 Å². The average molecular weight is 478 g/mol. The number of hydrogen-bond acceptors (Lipinski definition) is 8. The summed E-state index contributed by atoms with van der Waals surface area (Å²) in [6, 6.07) is 9.32. The number of hydrogen-bond donors (Lipinski definition) is 0. The van der Waals surface area contributed by atoms with E-state index in [4.69, 9.17) is 14.2 Å². The average Bonchev–Trinajstić information content (AvgIpc) is 3.13. The first-order chi connectivity index (χ1) is 14.2. The lowest BCUT2D eigenvalue weighted by Gasteiger charge is -2.19. The van der Waals surface area contributed by atoms with Crippen LogP contribution in [0.1, 0.15) is 31.2 Å². The molecule has 2 aromatic rings. The van der Waals surface area contributed by atoms with Crippen molar-refractivity contribution in [3.05, 3.63) is 62.1 Å². The molecule has 1 amide bonds. The monoisotopic (exact) mass is 477 g/mol. The van der Waals surface area contributed by atoms with E-state index in [0.29, 0.717) is 5.56 Å². The topological polar surface area (TPSA) is 121 Å². The second kappa shape index (κ2) is 8.49. The van der Waals surface area contributed by atoms with Crippen molar-refractivity contribution in [1.29, 1.82) is 0 Å². The summed E-state index contributed by atoms with van der Waals surface area (Å²) in [6.07, 6.45) is -0.912. The molecule has 30 heavy (non-hydrogen) atoms. The number of nitro groups is 1. The number of halogens is 1. The summed E-state index contributed by atoms with van der Waals surface area (Å²) < 4.78 is 17.0. The summed E-state index contributed by atoms with van der Waals surface area (Å²) in [5, 5.41) is 16.6. The van der Waals surface area contributed by atoms with Gasteiger partial charge in [0, 0.05) is 30.0 Å². The standard InChI is InChI=1S/C19H16BrN3O7/c1-10(24)22-19(12-5-4-6-13(20)7-12)30-18(21-22)15-8-14(23(26)27)9-16(28-3)17(15)29-11(2)25/h4-9,19H,1-3H3/t19-/m1/s1. The molecule has 2 aromatic carbocycles. The molecule has 1 atom stereocenters. The molecule has 0 saturated heterocycles. The zero-order chi connectivity index (χ0) is 22.0. The largest absolute Gasteiger partial charge is 0.493 e. The third-order valence-corrected chi connectivity index (χ3v) is 4.54. The maximum Gasteiger partial charge on any atom is 0.308 e. The number of carbonyl (C=O) groups is 2. The Labute approximate surface area is 179 Å². The number of hydrazone groups is 1. The highest BCUT2D eigenvalue weighted by Gasteiger charge is 2.36. The molecule has 0 spiro atoms. The molecule has 1 aliphatic heterocycles. The molecule has 1 aliphatic rings. The van der Waals surface area contributed by atoms with E-state index in [1.54, 1.807) is 18.2 Å². The van der Waals surface area contributed by atoms with Crippen LogP contribution in [0.15, 0.2) is 46.0 Å². The molecular formula is C19H16BrN3O7. The molecule has 0 unspecified atom stereocenters. The summed E-state index contributed by atoms with van der Waals surface area (Å²) in [5.41, 5.74) is 0.286. The van der Waals surface area contributed by atoms with Gasteiger partial charge in [-0.1, -0.05) is 28.1 Å². The van der Waals surface area contributed by atoms with Crippen molar-refractivity contribution in [3.63, 3.8) is 0 Å². The molecule has 0 aromatic heterocycles. The fourth-order valence-electron chi connectivity index (χ4n) is 2.80. The van der Waals surface area contributed by atoms with E-state index in [0.717, 1.165) is 21.6 Å². The number of esters is 1. The van der Waals surface area contributed by atoms with Crippen molar-refractivity contribution in [2.45, 2.75) is 20.1 Å². The van der Waals surface area contributed by atoms with Gasteiger partial charge < -0.3 is 14.2 Å². The number of nitro benzene ring substituents is 1. The number of amides is 1.